The van der Waals surface area contributed by atoms with Crippen molar-refractivity contribution in [1.82, 2.24) is 9.80 Å². The van der Waals surface area contributed by atoms with Crippen LogP contribution >= 0.6 is 0 Å². The third-order valence-electron chi connectivity index (χ3n) is 6.34. The predicted molar refractivity (Wildman–Crippen MR) is 126 cm³/mol. The summed E-state index contributed by atoms with van der Waals surface area (Å²) in [6, 6.07) is 25.8. The van der Waals surface area contributed by atoms with Crippen molar-refractivity contribution in [2.75, 3.05) is 13.8 Å². The molecule has 0 bridgehead atoms. The van der Waals surface area contributed by atoms with Crippen molar-refractivity contribution in [2.24, 2.45) is 4.99 Å². The smallest absolute Gasteiger partial charge is 0.236 e. The maximum absolute atomic E-state index is 13.5. The first-order valence-corrected chi connectivity index (χ1v) is 11.0. The summed E-state index contributed by atoms with van der Waals surface area (Å²) >= 11 is 0. The lowest BCUT2D eigenvalue weighted by Crippen LogP contribution is -2.40. The molecule has 3 aromatic rings. The molecule has 6 heteroatoms. The monoisotopic (exact) mass is 437 g/mol. The molecule has 0 aromatic heterocycles. The molecule has 0 aliphatic carbocycles. The molecule has 3 heterocycles. The Kier molecular flexibility index (Phi) is 4.64. The second-order valence-corrected chi connectivity index (χ2v) is 8.39. The molecule has 0 radical (unpaired) electrons. The van der Waals surface area contributed by atoms with Gasteiger partial charge in [0.15, 0.2) is 11.5 Å². The third kappa shape index (κ3) is 3.35. The van der Waals surface area contributed by atoms with Gasteiger partial charge in [-0.15, -0.1) is 0 Å². The number of rotatable bonds is 3. The lowest BCUT2D eigenvalue weighted by molar-refractivity contribution is -0.126. The first-order chi connectivity index (χ1) is 16.2. The Morgan fingerprint density at radius 2 is 1.64 bits per heavy atom. The van der Waals surface area contributed by atoms with Crippen LogP contribution in [0.1, 0.15) is 35.2 Å². The van der Waals surface area contributed by atoms with Crippen molar-refractivity contribution in [1.29, 1.82) is 0 Å². The van der Waals surface area contributed by atoms with E-state index in [0.29, 0.717) is 18.1 Å². The van der Waals surface area contributed by atoms with E-state index >= 15 is 0 Å². The SMILES string of the molecule is CN1C2=N[C@@H](c3ccc4c(c3)OCO4)CC(=O)N2/C(=C\c2ccccc2)[C@@H]1c1ccccc1. The van der Waals surface area contributed by atoms with E-state index in [1.54, 1.807) is 4.90 Å². The van der Waals surface area contributed by atoms with Gasteiger partial charge in [0.2, 0.25) is 18.7 Å². The van der Waals surface area contributed by atoms with E-state index in [1.807, 2.05) is 73.8 Å². The van der Waals surface area contributed by atoms with Crippen molar-refractivity contribution < 1.29 is 14.3 Å². The van der Waals surface area contributed by atoms with Crippen LogP contribution < -0.4 is 9.47 Å². The number of carbonyl (C=O) groups excluding carboxylic acids is 1. The van der Waals surface area contributed by atoms with Crippen molar-refractivity contribution in [3.8, 4) is 11.5 Å². The zero-order chi connectivity index (χ0) is 22.4. The molecule has 6 nitrogen and oxygen atoms in total. The van der Waals surface area contributed by atoms with Gasteiger partial charge in [0.05, 0.1) is 24.2 Å². The molecule has 6 rings (SSSR count). The van der Waals surface area contributed by atoms with Crippen LogP contribution in [-0.2, 0) is 4.79 Å². The quantitative estimate of drug-likeness (QED) is 0.592. The topological polar surface area (TPSA) is 54.4 Å². The Labute approximate surface area is 192 Å². The number of benzene rings is 3. The first kappa shape index (κ1) is 19.6. The van der Waals surface area contributed by atoms with Gasteiger partial charge in [-0.3, -0.25) is 9.69 Å². The molecule has 2 atom stereocenters. The van der Waals surface area contributed by atoms with E-state index in [1.165, 1.54) is 0 Å². The van der Waals surface area contributed by atoms with Gasteiger partial charge in [0, 0.05) is 7.05 Å². The normalized spacial score (nSPS) is 22.5. The highest BCUT2D eigenvalue weighted by molar-refractivity contribution is 6.04. The molecule has 1 saturated heterocycles. The third-order valence-corrected chi connectivity index (χ3v) is 6.34. The molecule has 0 N–H and O–H groups in total. The molecule has 164 valence electrons. The maximum Gasteiger partial charge on any atom is 0.236 e. The highest BCUT2D eigenvalue weighted by atomic mass is 16.7. The average Bonchev–Trinajstić information content (AvgIpc) is 3.42. The van der Waals surface area contributed by atoms with E-state index in [2.05, 4.69) is 23.1 Å². The zero-order valence-electron chi connectivity index (χ0n) is 18.2. The molecular formula is C27H23N3O3. The van der Waals surface area contributed by atoms with Crippen molar-refractivity contribution in [2.45, 2.75) is 18.5 Å². The second-order valence-electron chi connectivity index (χ2n) is 8.39. The summed E-state index contributed by atoms with van der Waals surface area (Å²) in [4.78, 5) is 22.5. The van der Waals surface area contributed by atoms with Gasteiger partial charge in [-0.05, 0) is 34.9 Å². The summed E-state index contributed by atoms with van der Waals surface area (Å²) in [6.45, 7) is 0.222. The average molecular weight is 437 g/mol. The molecule has 3 aliphatic rings. The number of nitrogens with zero attached hydrogens (tertiary/aromatic N) is 3. The van der Waals surface area contributed by atoms with Crippen LogP contribution in [0, 0.1) is 0 Å². The lowest BCUT2D eigenvalue weighted by Gasteiger charge is -2.28. The number of ether oxygens (including phenoxy) is 2. The van der Waals surface area contributed by atoms with Crippen molar-refractivity contribution in [3.63, 3.8) is 0 Å². The van der Waals surface area contributed by atoms with Gasteiger partial charge < -0.3 is 14.4 Å². The molecule has 33 heavy (non-hydrogen) atoms. The van der Waals surface area contributed by atoms with E-state index in [0.717, 1.165) is 28.1 Å². The maximum atomic E-state index is 13.5. The molecular weight excluding hydrogens is 414 g/mol. The van der Waals surface area contributed by atoms with Crippen molar-refractivity contribution >= 4 is 17.9 Å². The fourth-order valence-electron chi connectivity index (χ4n) is 4.76. The summed E-state index contributed by atoms with van der Waals surface area (Å²) in [7, 11) is 2.00. The van der Waals surface area contributed by atoms with E-state index < -0.39 is 0 Å². The zero-order valence-corrected chi connectivity index (χ0v) is 18.2. The Morgan fingerprint density at radius 3 is 2.42 bits per heavy atom. The summed E-state index contributed by atoms with van der Waals surface area (Å²) in [5, 5.41) is 0. The van der Waals surface area contributed by atoms with Crippen LogP contribution in [0.5, 0.6) is 11.5 Å². The molecule has 0 unspecified atom stereocenters. The summed E-state index contributed by atoms with van der Waals surface area (Å²) < 4.78 is 11.0. The van der Waals surface area contributed by atoms with Gasteiger partial charge in [-0.25, -0.2) is 4.99 Å². The summed E-state index contributed by atoms with van der Waals surface area (Å²) in [5.41, 5.74) is 4.04. The minimum atomic E-state index is -0.270. The van der Waals surface area contributed by atoms with Crippen LogP contribution in [0.25, 0.3) is 6.08 Å². The minimum absolute atomic E-state index is 0.0372. The van der Waals surface area contributed by atoms with E-state index in [4.69, 9.17) is 14.5 Å². The number of amides is 1. The van der Waals surface area contributed by atoms with Crippen LogP contribution in [0.2, 0.25) is 0 Å². The van der Waals surface area contributed by atoms with Gasteiger partial charge in [0.25, 0.3) is 0 Å². The number of guanidine groups is 1. The number of hydrogen-bond acceptors (Lipinski definition) is 5. The van der Waals surface area contributed by atoms with Gasteiger partial charge >= 0.3 is 0 Å². The Bertz CT molecular complexity index is 1270. The number of hydrogen-bond donors (Lipinski definition) is 0. The van der Waals surface area contributed by atoms with Crippen LogP contribution in [0.4, 0.5) is 0 Å². The lowest BCUT2D eigenvalue weighted by atomic mass is 10.00. The predicted octanol–water partition coefficient (Wildman–Crippen LogP) is 4.77. The van der Waals surface area contributed by atoms with Gasteiger partial charge in [0.1, 0.15) is 0 Å². The molecule has 3 aromatic carbocycles. The second kappa shape index (κ2) is 7.81. The number of aliphatic imine (C=N–C) groups is 1. The van der Waals surface area contributed by atoms with E-state index in [9.17, 15) is 4.79 Å². The van der Waals surface area contributed by atoms with Crippen LogP contribution in [0.3, 0.4) is 0 Å². The van der Waals surface area contributed by atoms with Gasteiger partial charge in [-0.2, -0.15) is 0 Å². The summed E-state index contributed by atoms with van der Waals surface area (Å²) in [6.07, 6.45) is 2.39. The fourth-order valence-corrected chi connectivity index (χ4v) is 4.76. The molecule has 0 saturated carbocycles. The van der Waals surface area contributed by atoms with Crippen molar-refractivity contribution in [3.05, 3.63) is 101 Å². The number of fused-ring (bicyclic) bond motifs is 2. The molecule has 1 fully saturated rings. The molecule has 3 aliphatic heterocycles. The van der Waals surface area contributed by atoms with Gasteiger partial charge in [-0.1, -0.05) is 66.7 Å². The minimum Gasteiger partial charge on any atom is -0.454 e. The van der Waals surface area contributed by atoms with Crippen LogP contribution in [-0.4, -0.2) is 35.5 Å². The highest BCUT2D eigenvalue weighted by Gasteiger charge is 2.45. The highest BCUT2D eigenvalue weighted by Crippen LogP contribution is 2.44. The Hall–Kier alpha value is -4.06. The number of likely N-dealkylation sites (N-methyl/N-ethyl adjacent to an activating group) is 1. The largest absolute Gasteiger partial charge is 0.454 e. The molecule has 1 amide bonds. The first-order valence-electron chi connectivity index (χ1n) is 11.0. The van der Waals surface area contributed by atoms with Crippen LogP contribution in [0.15, 0.2) is 89.6 Å². The standard InChI is InChI=1S/C27H23N3O3/c1-29-26(19-10-6-3-7-11-19)22(14-18-8-4-2-5-9-18)30-25(31)16-21(28-27(29)30)20-12-13-23-24(15-20)33-17-32-23/h2-15,21,26H,16-17H2,1H3/b22-14-/t21-,26+/m1/s1. The fraction of sp³-hybridized carbons (Fsp3) is 0.185. The number of carbonyl (C=O) groups is 1. The molecule has 0 spiro atoms. The Balaban J connectivity index is 1.45. The summed E-state index contributed by atoms with van der Waals surface area (Å²) in [5.74, 6) is 2.14. The Morgan fingerprint density at radius 1 is 0.909 bits per heavy atom. The van der Waals surface area contributed by atoms with E-state index in [-0.39, 0.29) is 24.8 Å².